The number of hydrogen-bond donors (Lipinski definition) is 1. The fraction of sp³-hybridized carbons (Fsp3) is 0.200. The molecule has 0 spiro atoms. The molecular weight excluding hydrogens is 346 g/mol. The molecule has 0 radical (unpaired) electrons. The zero-order chi connectivity index (χ0) is 18.1. The number of amides is 1. The Balaban J connectivity index is 1.80. The van der Waals surface area contributed by atoms with Crippen molar-refractivity contribution in [3.8, 4) is 0 Å². The lowest BCUT2D eigenvalue weighted by Crippen LogP contribution is -2.30. The van der Waals surface area contributed by atoms with Gasteiger partial charge in [-0.1, -0.05) is 48.6 Å². The third kappa shape index (κ3) is 2.58. The van der Waals surface area contributed by atoms with Crippen LogP contribution in [0.15, 0.2) is 53.9 Å². The summed E-state index contributed by atoms with van der Waals surface area (Å²) in [4.78, 5) is 18.7. The zero-order valence-electron chi connectivity index (χ0n) is 14.6. The third-order valence-corrected chi connectivity index (χ3v) is 5.93. The average molecular weight is 365 g/mol. The fourth-order valence-corrected chi connectivity index (χ4v) is 4.37. The van der Waals surface area contributed by atoms with Gasteiger partial charge in [0, 0.05) is 29.6 Å². The van der Waals surface area contributed by atoms with Crippen LogP contribution in [-0.4, -0.2) is 35.3 Å². The molecule has 1 atom stereocenters. The van der Waals surface area contributed by atoms with Crippen molar-refractivity contribution in [3.05, 3.63) is 81.3 Å². The molecular formula is C20H19N3O2S. The molecule has 1 amide bonds. The quantitative estimate of drug-likeness (QED) is 0.718. The summed E-state index contributed by atoms with van der Waals surface area (Å²) in [5.41, 5.74) is 3.14. The van der Waals surface area contributed by atoms with E-state index in [1.54, 1.807) is 18.4 Å². The van der Waals surface area contributed by atoms with Gasteiger partial charge in [-0.05, 0) is 17.0 Å². The number of benzene rings is 1. The smallest absolute Gasteiger partial charge is 0.281 e. The van der Waals surface area contributed by atoms with Gasteiger partial charge in [-0.15, -0.1) is 11.3 Å². The predicted molar refractivity (Wildman–Crippen MR) is 102 cm³/mol. The van der Waals surface area contributed by atoms with Crippen LogP contribution in [-0.2, 0) is 16.7 Å². The lowest BCUT2D eigenvalue weighted by atomic mass is 9.72. The summed E-state index contributed by atoms with van der Waals surface area (Å²) in [6, 6.07) is 14.7. The maximum Gasteiger partial charge on any atom is 0.298 e. The van der Waals surface area contributed by atoms with Crippen molar-refractivity contribution in [2.75, 3.05) is 14.2 Å². The Morgan fingerprint density at radius 2 is 2.08 bits per heavy atom. The number of H-pyrrole nitrogens is 1. The normalized spacial score (nSPS) is 18.5. The number of aromatic amines is 1. The van der Waals surface area contributed by atoms with E-state index in [9.17, 15) is 4.79 Å². The highest BCUT2D eigenvalue weighted by atomic mass is 32.1. The second kappa shape index (κ2) is 6.55. The van der Waals surface area contributed by atoms with Crippen molar-refractivity contribution in [1.82, 2.24) is 15.3 Å². The Labute approximate surface area is 155 Å². The molecule has 5 nitrogen and oxygen atoms in total. The summed E-state index contributed by atoms with van der Waals surface area (Å²) >= 11 is 1.74. The van der Waals surface area contributed by atoms with Crippen molar-refractivity contribution in [2.45, 2.75) is 11.8 Å². The number of thiophene rings is 1. The monoisotopic (exact) mass is 365 g/mol. The van der Waals surface area contributed by atoms with Gasteiger partial charge < -0.3 is 0 Å². The molecule has 26 heavy (non-hydrogen) atoms. The number of nitrogens with one attached hydrogen (secondary N) is 1. The summed E-state index contributed by atoms with van der Waals surface area (Å²) in [7, 11) is 3.04. The van der Waals surface area contributed by atoms with Crippen LogP contribution in [0, 0.1) is 0 Å². The molecule has 6 heteroatoms. The minimum absolute atomic E-state index is 0.261. The van der Waals surface area contributed by atoms with Gasteiger partial charge in [0.1, 0.15) is 0 Å². The van der Waals surface area contributed by atoms with E-state index in [0.29, 0.717) is 5.69 Å². The Morgan fingerprint density at radius 1 is 1.27 bits per heavy atom. The number of nitrogens with zero attached hydrogens (tertiary/aromatic N) is 2. The average Bonchev–Trinajstić information content (AvgIpc) is 3.37. The first-order valence-electron chi connectivity index (χ1n) is 8.34. The molecule has 2 heterocycles. The molecule has 0 bridgehead atoms. The lowest BCUT2D eigenvalue weighted by molar-refractivity contribution is -0.0760. The second-order valence-corrected chi connectivity index (χ2v) is 7.22. The maximum absolute atomic E-state index is 12.5. The van der Waals surface area contributed by atoms with Gasteiger partial charge in [-0.25, -0.2) is 5.06 Å². The number of allylic oxidation sites excluding steroid dienone is 1. The van der Waals surface area contributed by atoms with Crippen LogP contribution < -0.4 is 0 Å². The molecule has 1 aliphatic rings. The molecule has 0 saturated heterocycles. The summed E-state index contributed by atoms with van der Waals surface area (Å²) in [6.45, 7) is 0. The number of rotatable bonds is 4. The number of fused-ring (bicyclic) bond motifs is 1. The molecule has 1 unspecified atom stereocenters. The van der Waals surface area contributed by atoms with Gasteiger partial charge >= 0.3 is 0 Å². The van der Waals surface area contributed by atoms with Gasteiger partial charge in [0.2, 0.25) is 0 Å². The number of carbonyl (C=O) groups is 1. The second-order valence-electron chi connectivity index (χ2n) is 6.27. The number of carbonyl (C=O) groups excluding carboxylic acids is 1. The topological polar surface area (TPSA) is 58.2 Å². The largest absolute Gasteiger partial charge is 0.298 e. The fourth-order valence-electron chi connectivity index (χ4n) is 3.44. The molecule has 0 saturated carbocycles. The summed E-state index contributed by atoms with van der Waals surface area (Å²) in [6.07, 6.45) is 4.92. The number of hydroxylamine groups is 2. The first kappa shape index (κ1) is 16.8. The highest BCUT2D eigenvalue weighted by Crippen LogP contribution is 2.43. The van der Waals surface area contributed by atoms with E-state index in [1.807, 2.05) is 12.1 Å². The van der Waals surface area contributed by atoms with Crippen molar-refractivity contribution < 1.29 is 9.63 Å². The van der Waals surface area contributed by atoms with Crippen LogP contribution in [0.4, 0.5) is 0 Å². The Morgan fingerprint density at radius 3 is 2.77 bits per heavy atom. The highest BCUT2D eigenvalue weighted by molar-refractivity contribution is 7.10. The van der Waals surface area contributed by atoms with E-state index in [2.05, 4.69) is 58.1 Å². The van der Waals surface area contributed by atoms with Gasteiger partial charge in [0.05, 0.1) is 12.5 Å². The summed E-state index contributed by atoms with van der Waals surface area (Å²) < 4.78 is 0. The van der Waals surface area contributed by atoms with Crippen LogP contribution in [0.3, 0.4) is 0 Å². The van der Waals surface area contributed by atoms with Crippen LogP contribution in [0.25, 0.3) is 6.08 Å². The minimum atomic E-state index is -0.266. The van der Waals surface area contributed by atoms with Crippen LogP contribution >= 0.6 is 11.3 Å². The molecule has 1 aromatic carbocycles. The molecule has 3 aromatic rings. The van der Waals surface area contributed by atoms with Gasteiger partial charge in [0.15, 0.2) is 5.69 Å². The van der Waals surface area contributed by atoms with E-state index in [-0.39, 0.29) is 11.3 Å². The predicted octanol–water partition coefficient (Wildman–Crippen LogP) is 3.66. The molecule has 4 rings (SSSR count). The van der Waals surface area contributed by atoms with Crippen LogP contribution in [0.2, 0.25) is 0 Å². The van der Waals surface area contributed by atoms with E-state index < -0.39 is 0 Å². The van der Waals surface area contributed by atoms with Gasteiger partial charge in [-0.3, -0.25) is 14.7 Å². The SMILES string of the molecule is CON(C)C(=O)c1n[nH]c2c1C=CC(c1ccccc1)(c1cccs1)C2. The van der Waals surface area contributed by atoms with Crippen molar-refractivity contribution >= 4 is 23.3 Å². The molecule has 0 fully saturated rings. The standard InChI is InChI=1S/C20H19N3O2S/c1-23(25-2)19(24)18-15-10-11-20(13-16(15)21-22-18,17-9-6-12-26-17)14-7-4-3-5-8-14/h3-12H,13H2,1-2H3,(H,21,22). The van der Waals surface area contributed by atoms with Crippen LogP contribution in [0.5, 0.6) is 0 Å². The van der Waals surface area contributed by atoms with E-state index >= 15 is 0 Å². The van der Waals surface area contributed by atoms with E-state index in [1.165, 1.54) is 22.6 Å². The number of hydrogen-bond acceptors (Lipinski definition) is 4. The lowest BCUT2D eigenvalue weighted by Gasteiger charge is -2.33. The molecule has 1 N–H and O–H groups in total. The van der Waals surface area contributed by atoms with Crippen molar-refractivity contribution in [2.24, 2.45) is 0 Å². The molecule has 132 valence electrons. The molecule has 1 aliphatic carbocycles. The van der Waals surface area contributed by atoms with E-state index in [4.69, 9.17) is 4.84 Å². The van der Waals surface area contributed by atoms with Crippen molar-refractivity contribution in [3.63, 3.8) is 0 Å². The highest BCUT2D eigenvalue weighted by Gasteiger charge is 2.38. The number of aromatic nitrogens is 2. The Hall–Kier alpha value is -2.70. The summed E-state index contributed by atoms with van der Waals surface area (Å²) in [5.74, 6) is -0.266. The van der Waals surface area contributed by atoms with Crippen molar-refractivity contribution in [1.29, 1.82) is 0 Å². The van der Waals surface area contributed by atoms with Gasteiger partial charge in [-0.2, -0.15) is 5.10 Å². The maximum atomic E-state index is 12.5. The zero-order valence-corrected chi connectivity index (χ0v) is 15.4. The Bertz CT molecular complexity index is 947. The van der Waals surface area contributed by atoms with E-state index in [0.717, 1.165) is 17.7 Å². The minimum Gasteiger partial charge on any atom is -0.281 e. The third-order valence-electron chi connectivity index (χ3n) is 4.89. The first-order chi connectivity index (χ1) is 12.7. The first-order valence-corrected chi connectivity index (χ1v) is 9.22. The molecule has 0 aliphatic heterocycles. The van der Waals surface area contributed by atoms with Gasteiger partial charge in [0.25, 0.3) is 5.91 Å². The Kier molecular flexibility index (Phi) is 4.22. The van der Waals surface area contributed by atoms with Crippen LogP contribution in [0.1, 0.15) is 32.2 Å². The summed E-state index contributed by atoms with van der Waals surface area (Å²) in [5, 5.41) is 10.6. The molecule has 2 aromatic heterocycles.